The van der Waals surface area contributed by atoms with Crippen molar-refractivity contribution < 1.29 is 17.5 Å². The molecule has 2 heterocycles. The van der Waals surface area contributed by atoms with E-state index in [4.69, 9.17) is 4.74 Å². The Kier molecular flexibility index (Phi) is 5.45. The Morgan fingerprint density at radius 2 is 1.70 bits per heavy atom. The lowest BCUT2D eigenvalue weighted by Crippen LogP contribution is -2.59. The summed E-state index contributed by atoms with van der Waals surface area (Å²) in [6.45, 7) is 3.39. The fourth-order valence-electron chi connectivity index (χ4n) is 5.33. The molecule has 0 spiro atoms. The highest BCUT2D eigenvalue weighted by Gasteiger charge is 2.45. The molecule has 1 saturated carbocycles. The molecule has 2 saturated heterocycles. The molecule has 1 aromatic carbocycles. The van der Waals surface area contributed by atoms with Gasteiger partial charge in [0.25, 0.3) is 0 Å². The Labute approximate surface area is 161 Å². The van der Waals surface area contributed by atoms with Gasteiger partial charge in [-0.3, -0.25) is 4.90 Å². The fourth-order valence-corrected chi connectivity index (χ4v) is 6.90. The summed E-state index contributed by atoms with van der Waals surface area (Å²) >= 11 is 0. The van der Waals surface area contributed by atoms with Crippen LogP contribution in [-0.2, 0) is 10.0 Å². The summed E-state index contributed by atoms with van der Waals surface area (Å²) in [5.74, 6) is 0.193. The van der Waals surface area contributed by atoms with Crippen LogP contribution in [0.5, 0.6) is 5.75 Å². The van der Waals surface area contributed by atoms with Crippen molar-refractivity contribution in [1.82, 2.24) is 9.21 Å². The molecule has 0 amide bonds. The van der Waals surface area contributed by atoms with E-state index in [-0.39, 0.29) is 10.6 Å². The second-order valence-corrected chi connectivity index (χ2v) is 10.1. The summed E-state index contributed by atoms with van der Waals surface area (Å²) < 4.78 is 46.9. The molecule has 27 heavy (non-hydrogen) atoms. The number of benzene rings is 1. The fraction of sp³-hybridized carbons (Fsp3) is 0.700. The van der Waals surface area contributed by atoms with Gasteiger partial charge in [0.2, 0.25) is 10.0 Å². The van der Waals surface area contributed by atoms with Crippen LogP contribution in [0, 0.1) is 17.7 Å². The van der Waals surface area contributed by atoms with Crippen LogP contribution in [0.15, 0.2) is 23.1 Å². The molecule has 150 valence electrons. The van der Waals surface area contributed by atoms with E-state index < -0.39 is 15.8 Å². The van der Waals surface area contributed by atoms with Crippen LogP contribution < -0.4 is 4.74 Å². The van der Waals surface area contributed by atoms with Gasteiger partial charge in [0.05, 0.1) is 12.0 Å². The van der Waals surface area contributed by atoms with E-state index >= 15 is 0 Å². The molecule has 7 heteroatoms. The Balaban J connectivity index is 1.56. The van der Waals surface area contributed by atoms with Crippen LogP contribution >= 0.6 is 0 Å². The molecular formula is C20H29FN2O3S. The highest BCUT2D eigenvalue weighted by Crippen LogP contribution is 2.40. The van der Waals surface area contributed by atoms with Crippen LogP contribution in [0.1, 0.15) is 38.5 Å². The Morgan fingerprint density at radius 3 is 2.30 bits per heavy atom. The summed E-state index contributed by atoms with van der Waals surface area (Å²) in [7, 11) is -2.31. The molecule has 1 aliphatic carbocycles. The highest BCUT2D eigenvalue weighted by atomic mass is 32.2. The average Bonchev–Trinajstić information content (AvgIpc) is 2.67. The van der Waals surface area contributed by atoms with Gasteiger partial charge in [0, 0.05) is 19.1 Å². The number of sulfonamides is 1. The van der Waals surface area contributed by atoms with Crippen LogP contribution in [0.2, 0.25) is 0 Å². The lowest BCUT2D eigenvalue weighted by atomic mass is 9.73. The van der Waals surface area contributed by atoms with Crippen LogP contribution in [-0.4, -0.2) is 57.0 Å². The van der Waals surface area contributed by atoms with E-state index in [0.29, 0.717) is 31.0 Å². The number of rotatable bonds is 4. The minimum Gasteiger partial charge on any atom is -0.494 e. The van der Waals surface area contributed by atoms with Crippen LogP contribution in [0.4, 0.5) is 4.39 Å². The lowest BCUT2D eigenvalue weighted by molar-refractivity contribution is -0.00311. The number of likely N-dealkylation sites (tertiary alicyclic amines) is 1. The number of ether oxygens (including phenoxy) is 1. The first-order chi connectivity index (χ1) is 13.0. The maximum Gasteiger partial charge on any atom is 0.243 e. The molecule has 3 aliphatic rings. The summed E-state index contributed by atoms with van der Waals surface area (Å²) in [5.41, 5.74) is 0. The molecule has 2 bridgehead atoms. The van der Waals surface area contributed by atoms with E-state index in [1.54, 1.807) is 4.31 Å². The van der Waals surface area contributed by atoms with Crippen molar-refractivity contribution in [3.8, 4) is 5.75 Å². The Morgan fingerprint density at radius 1 is 1.04 bits per heavy atom. The molecular weight excluding hydrogens is 367 g/mol. The number of nitrogens with zero attached hydrogens (tertiary/aromatic N) is 2. The minimum atomic E-state index is -3.69. The quantitative estimate of drug-likeness (QED) is 0.785. The third kappa shape index (κ3) is 3.61. The van der Waals surface area contributed by atoms with Gasteiger partial charge in [0.1, 0.15) is 0 Å². The van der Waals surface area contributed by atoms with Gasteiger partial charge in [0.15, 0.2) is 11.6 Å². The molecule has 0 aromatic heterocycles. The highest BCUT2D eigenvalue weighted by molar-refractivity contribution is 7.89. The van der Waals surface area contributed by atoms with Gasteiger partial charge in [-0.1, -0.05) is 12.8 Å². The van der Waals surface area contributed by atoms with Crippen LogP contribution in [0.25, 0.3) is 0 Å². The predicted molar refractivity (Wildman–Crippen MR) is 102 cm³/mol. The van der Waals surface area contributed by atoms with Crippen molar-refractivity contribution in [3.05, 3.63) is 24.0 Å². The largest absolute Gasteiger partial charge is 0.494 e. The van der Waals surface area contributed by atoms with Gasteiger partial charge >= 0.3 is 0 Å². The van der Waals surface area contributed by atoms with Gasteiger partial charge < -0.3 is 4.74 Å². The van der Waals surface area contributed by atoms with Crippen LogP contribution in [0.3, 0.4) is 0 Å². The number of hydrogen-bond acceptors (Lipinski definition) is 4. The van der Waals surface area contributed by atoms with Gasteiger partial charge in [-0.2, -0.15) is 4.31 Å². The van der Waals surface area contributed by atoms with Crippen molar-refractivity contribution >= 4 is 10.0 Å². The standard InChI is InChI=1S/C20H29FN2O3S/c1-26-19-9-8-17(12-18(19)21)27(24,25)23-13-15-6-5-7-16(14-23)20(15)22-10-3-2-4-11-22/h8-9,12,15-16,20H,2-7,10-11,13-14H2,1H3/t15-,16-/m0/s1. The van der Waals surface area contributed by atoms with Crippen molar-refractivity contribution in [2.75, 3.05) is 33.3 Å². The zero-order valence-electron chi connectivity index (χ0n) is 15.9. The van der Waals surface area contributed by atoms with Crippen molar-refractivity contribution in [1.29, 1.82) is 0 Å². The molecule has 3 fully saturated rings. The number of fused-ring (bicyclic) bond motifs is 2. The minimum absolute atomic E-state index is 0.0234. The molecule has 0 N–H and O–H groups in total. The molecule has 0 radical (unpaired) electrons. The normalized spacial score (nSPS) is 30.2. The third-order valence-corrected chi connectivity index (χ3v) is 8.39. The van der Waals surface area contributed by atoms with Crippen molar-refractivity contribution in [2.45, 2.75) is 49.5 Å². The van der Waals surface area contributed by atoms with Crippen molar-refractivity contribution in [2.24, 2.45) is 11.8 Å². The second-order valence-electron chi connectivity index (χ2n) is 8.16. The first kappa shape index (κ1) is 19.2. The molecule has 5 nitrogen and oxygen atoms in total. The average molecular weight is 397 g/mol. The first-order valence-corrected chi connectivity index (χ1v) is 11.5. The number of methoxy groups -OCH3 is 1. The van der Waals surface area contributed by atoms with Gasteiger partial charge in [-0.05, 0) is 68.8 Å². The Bertz CT molecular complexity index is 765. The van der Waals surface area contributed by atoms with E-state index in [1.807, 2.05) is 0 Å². The maximum atomic E-state index is 14.1. The maximum absolute atomic E-state index is 14.1. The van der Waals surface area contributed by atoms with E-state index in [2.05, 4.69) is 4.90 Å². The van der Waals surface area contributed by atoms with Gasteiger partial charge in [-0.25, -0.2) is 12.8 Å². The molecule has 2 atom stereocenters. The molecule has 0 unspecified atom stereocenters. The summed E-state index contributed by atoms with van der Waals surface area (Å²) in [5, 5.41) is 0. The molecule has 4 rings (SSSR count). The van der Waals surface area contributed by atoms with E-state index in [1.165, 1.54) is 44.9 Å². The number of hydrogen-bond donors (Lipinski definition) is 0. The number of halogens is 1. The smallest absolute Gasteiger partial charge is 0.243 e. The zero-order valence-corrected chi connectivity index (χ0v) is 16.8. The Hall–Kier alpha value is -1.18. The lowest BCUT2D eigenvalue weighted by Gasteiger charge is -2.52. The summed E-state index contributed by atoms with van der Waals surface area (Å²) in [6, 6.07) is 4.44. The molecule has 1 aromatic rings. The summed E-state index contributed by atoms with van der Waals surface area (Å²) in [4.78, 5) is 2.64. The van der Waals surface area contributed by atoms with Crippen molar-refractivity contribution in [3.63, 3.8) is 0 Å². The van der Waals surface area contributed by atoms with E-state index in [0.717, 1.165) is 32.0 Å². The topological polar surface area (TPSA) is 49.9 Å². The second kappa shape index (κ2) is 7.68. The first-order valence-electron chi connectivity index (χ1n) is 10.1. The van der Waals surface area contributed by atoms with E-state index in [9.17, 15) is 12.8 Å². The predicted octanol–water partition coefficient (Wildman–Crippen LogP) is 3.11. The monoisotopic (exact) mass is 396 g/mol. The zero-order chi connectivity index (χ0) is 19.0. The SMILES string of the molecule is COc1ccc(S(=O)(=O)N2C[C@@H]3CCC[C@@H](C2)C3N2CCCCC2)cc1F. The molecule has 2 aliphatic heterocycles. The van der Waals surface area contributed by atoms with Gasteiger partial charge in [-0.15, -0.1) is 0 Å². The summed E-state index contributed by atoms with van der Waals surface area (Å²) in [6.07, 6.45) is 7.17. The number of piperidine rings is 2. The third-order valence-electron chi connectivity index (χ3n) is 6.57.